The van der Waals surface area contributed by atoms with E-state index < -0.39 is 0 Å². The largest absolute Gasteiger partial charge is 0.319 e. The molecule has 6 nitrogen and oxygen atoms in total. The molecule has 1 aliphatic heterocycles. The summed E-state index contributed by atoms with van der Waals surface area (Å²) in [5.41, 5.74) is 2.60. The Morgan fingerprint density at radius 2 is 2.14 bits per heavy atom. The van der Waals surface area contributed by atoms with Gasteiger partial charge in [-0.1, -0.05) is 15.9 Å². The molecule has 2 heterocycles. The number of amides is 2. The molecular weight excluding hydrogens is 348 g/mol. The zero-order chi connectivity index (χ0) is 15.7. The molecule has 0 spiro atoms. The first-order chi connectivity index (χ1) is 10.6. The minimum absolute atomic E-state index is 0.0453. The standard InChI is InChI=1S/C15H13BrN4O2/c1-9(21)20-5-2-10-6-11(16)7-12(14(10)20)19-15(22)13-8-17-3-4-18-13/h3-4,6-8H,2,5H2,1H3,(H,19,22). The lowest BCUT2D eigenvalue weighted by atomic mass is 10.1. The highest BCUT2D eigenvalue weighted by Gasteiger charge is 2.26. The maximum Gasteiger partial charge on any atom is 0.275 e. The topological polar surface area (TPSA) is 75.2 Å². The number of fused-ring (bicyclic) bond motifs is 1. The van der Waals surface area contributed by atoms with Crippen LogP contribution in [0.5, 0.6) is 0 Å². The van der Waals surface area contributed by atoms with E-state index in [0.29, 0.717) is 12.2 Å². The van der Waals surface area contributed by atoms with Crippen molar-refractivity contribution < 1.29 is 9.59 Å². The number of benzene rings is 1. The molecule has 1 N–H and O–H groups in total. The summed E-state index contributed by atoms with van der Waals surface area (Å²) in [6.45, 7) is 2.14. The lowest BCUT2D eigenvalue weighted by molar-refractivity contribution is -0.116. The van der Waals surface area contributed by atoms with E-state index in [1.807, 2.05) is 6.07 Å². The van der Waals surface area contributed by atoms with Gasteiger partial charge < -0.3 is 10.2 Å². The Hall–Kier alpha value is -2.28. The van der Waals surface area contributed by atoms with Gasteiger partial charge in [-0.15, -0.1) is 0 Å². The fourth-order valence-corrected chi connectivity index (χ4v) is 3.03. The molecule has 112 valence electrons. The molecule has 0 aliphatic carbocycles. The van der Waals surface area contributed by atoms with Crippen LogP contribution in [-0.4, -0.2) is 28.3 Å². The zero-order valence-electron chi connectivity index (χ0n) is 11.8. The van der Waals surface area contributed by atoms with Crippen molar-refractivity contribution in [2.75, 3.05) is 16.8 Å². The van der Waals surface area contributed by atoms with Gasteiger partial charge in [-0.3, -0.25) is 14.6 Å². The van der Waals surface area contributed by atoms with Crippen molar-refractivity contribution in [2.45, 2.75) is 13.3 Å². The molecule has 2 amide bonds. The highest BCUT2D eigenvalue weighted by atomic mass is 79.9. The number of rotatable bonds is 2. The number of carbonyl (C=O) groups is 2. The van der Waals surface area contributed by atoms with Crippen LogP contribution < -0.4 is 10.2 Å². The third kappa shape index (κ3) is 2.71. The van der Waals surface area contributed by atoms with E-state index in [1.54, 1.807) is 11.0 Å². The Kier molecular flexibility index (Phi) is 3.89. The van der Waals surface area contributed by atoms with Crippen LogP contribution in [0.4, 0.5) is 11.4 Å². The second-order valence-corrected chi connectivity index (χ2v) is 5.84. The molecule has 0 radical (unpaired) electrons. The highest BCUT2D eigenvalue weighted by Crippen LogP contribution is 2.38. The Balaban J connectivity index is 1.98. The van der Waals surface area contributed by atoms with Gasteiger partial charge in [0.2, 0.25) is 5.91 Å². The predicted molar refractivity (Wildman–Crippen MR) is 85.9 cm³/mol. The van der Waals surface area contributed by atoms with Gasteiger partial charge in [0.1, 0.15) is 5.69 Å². The second-order valence-electron chi connectivity index (χ2n) is 4.93. The van der Waals surface area contributed by atoms with Gasteiger partial charge >= 0.3 is 0 Å². The van der Waals surface area contributed by atoms with Crippen LogP contribution in [0, 0.1) is 0 Å². The van der Waals surface area contributed by atoms with E-state index in [0.717, 1.165) is 22.1 Å². The van der Waals surface area contributed by atoms with Gasteiger partial charge in [0.05, 0.1) is 17.6 Å². The van der Waals surface area contributed by atoms with Crippen molar-refractivity contribution in [3.63, 3.8) is 0 Å². The van der Waals surface area contributed by atoms with E-state index in [4.69, 9.17) is 0 Å². The monoisotopic (exact) mass is 360 g/mol. The Morgan fingerprint density at radius 3 is 2.82 bits per heavy atom. The van der Waals surface area contributed by atoms with Crippen molar-refractivity contribution in [3.8, 4) is 0 Å². The Morgan fingerprint density at radius 1 is 1.32 bits per heavy atom. The molecule has 0 saturated heterocycles. The lowest BCUT2D eigenvalue weighted by Crippen LogP contribution is -2.27. The number of hydrogen-bond acceptors (Lipinski definition) is 4. The zero-order valence-corrected chi connectivity index (χ0v) is 13.4. The number of aromatic nitrogens is 2. The molecule has 0 saturated carbocycles. The highest BCUT2D eigenvalue weighted by molar-refractivity contribution is 9.10. The van der Waals surface area contributed by atoms with Crippen LogP contribution in [0.25, 0.3) is 0 Å². The average molecular weight is 361 g/mol. The smallest absolute Gasteiger partial charge is 0.275 e. The Labute approximate surface area is 135 Å². The summed E-state index contributed by atoms with van der Waals surface area (Å²) in [4.78, 5) is 33.6. The van der Waals surface area contributed by atoms with Gasteiger partial charge in [-0.25, -0.2) is 4.98 Å². The molecule has 0 fully saturated rings. The van der Waals surface area contributed by atoms with Crippen molar-refractivity contribution in [1.29, 1.82) is 0 Å². The minimum atomic E-state index is -0.358. The third-order valence-electron chi connectivity index (χ3n) is 3.45. The first-order valence-electron chi connectivity index (χ1n) is 6.74. The molecule has 1 aliphatic rings. The van der Waals surface area contributed by atoms with Crippen LogP contribution in [0.1, 0.15) is 23.0 Å². The van der Waals surface area contributed by atoms with E-state index >= 15 is 0 Å². The third-order valence-corrected chi connectivity index (χ3v) is 3.91. The van der Waals surface area contributed by atoms with E-state index in [1.165, 1.54) is 25.5 Å². The summed E-state index contributed by atoms with van der Waals surface area (Å²) in [6.07, 6.45) is 5.13. The SMILES string of the molecule is CC(=O)N1CCc2cc(Br)cc(NC(=O)c3cnccn3)c21. The summed E-state index contributed by atoms with van der Waals surface area (Å²) in [5.74, 6) is -0.403. The fourth-order valence-electron chi connectivity index (χ4n) is 2.52. The summed E-state index contributed by atoms with van der Waals surface area (Å²) < 4.78 is 0.853. The maximum atomic E-state index is 12.3. The van der Waals surface area contributed by atoms with Crippen molar-refractivity contribution >= 4 is 39.1 Å². The summed E-state index contributed by atoms with van der Waals surface area (Å²) >= 11 is 3.44. The van der Waals surface area contributed by atoms with Gasteiger partial charge in [0.25, 0.3) is 5.91 Å². The quantitative estimate of drug-likeness (QED) is 0.891. The van der Waals surface area contributed by atoms with E-state index in [-0.39, 0.29) is 17.5 Å². The van der Waals surface area contributed by atoms with Crippen molar-refractivity contribution in [3.05, 3.63) is 46.5 Å². The van der Waals surface area contributed by atoms with Gasteiger partial charge in [0, 0.05) is 30.3 Å². The van der Waals surface area contributed by atoms with Crippen LogP contribution >= 0.6 is 15.9 Å². The number of carbonyl (C=O) groups excluding carboxylic acids is 2. The first kappa shape index (κ1) is 14.6. The molecular formula is C15H13BrN4O2. The van der Waals surface area contributed by atoms with Crippen LogP contribution in [0.2, 0.25) is 0 Å². The number of nitrogens with zero attached hydrogens (tertiary/aromatic N) is 3. The molecule has 0 bridgehead atoms. The molecule has 0 atom stereocenters. The first-order valence-corrected chi connectivity index (χ1v) is 7.53. The van der Waals surface area contributed by atoms with Crippen molar-refractivity contribution in [1.82, 2.24) is 9.97 Å². The Bertz CT molecular complexity index is 749. The number of halogens is 1. The van der Waals surface area contributed by atoms with E-state index in [9.17, 15) is 9.59 Å². The van der Waals surface area contributed by atoms with Crippen LogP contribution in [-0.2, 0) is 11.2 Å². The van der Waals surface area contributed by atoms with Gasteiger partial charge in [0.15, 0.2) is 0 Å². The lowest BCUT2D eigenvalue weighted by Gasteiger charge is -2.19. The van der Waals surface area contributed by atoms with E-state index in [2.05, 4.69) is 31.2 Å². The summed E-state index contributed by atoms with van der Waals surface area (Å²) in [6, 6.07) is 3.75. The average Bonchev–Trinajstić information content (AvgIpc) is 2.92. The molecule has 7 heteroatoms. The molecule has 1 aromatic heterocycles. The summed E-state index contributed by atoms with van der Waals surface area (Å²) in [7, 11) is 0. The van der Waals surface area contributed by atoms with Crippen molar-refractivity contribution in [2.24, 2.45) is 0 Å². The van der Waals surface area contributed by atoms with Crippen LogP contribution in [0.3, 0.4) is 0 Å². The maximum absolute atomic E-state index is 12.3. The fraction of sp³-hybridized carbons (Fsp3) is 0.200. The summed E-state index contributed by atoms with van der Waals surface area (Å²) in [5, 5.41) is 2.82. The molecule has 3 rings (SSSR count). The van der Waals surface area contributed by atoms with Crippen LogP contribution in [0.15, 0.2) is 35.2 Å². The normalized spacial score (nSPS) is 12.9. The molecule has 1 aromatic carbocycles. The van der Waals surface area contributed by atoms with Gasteiger partial charge in [-0.2, -0.15) is 0 Å². The second kappa shape index (κ2) is 5.84. The number of nitrogens with one attached hydrogen (secondary N) is 1. The number of anilines is 2. The number of hydrogen-bond donors (Lipinski definition) is 1. The minimum Gasteiger partial charge on any atom is -0.319 e. The molecule has 2 aromatic rings. The van der Waals surface area contributed by atoms with Gasteiger partial charge in [-0.05, 0) is 24.1 Å². The molecule has 22 heavy (non-hydrogen) atoms. The predicted octanol–water partition coefficient (Wildman–Crippen LogP) is 2.40. The molecule has 0 unspecified atom stereocenters.